The highest BCUT2D eigenvalue weighted by atomic mass is 32.2. The average Bonchev–Trinajstić information content (AvgIpc) is 2.35. The molecule has 1 aromatic rings. The van der Waals surface area contributed by atoms with Crippen LogP contribution in [0.2, 0.25) is 0 Å². The van der Waals surface area contributed by atoms with E-state index in [1.54, 1.807) is 19.2 Å². The monoisotopic (exact) mass is 272 g/mol. The van der Waals surface area contributed by atoms with Crippen LogP contribution in [0, 0.1) is 0 Å². The summed E-state index contributed by atoms with van der Waals surface area (Å²) in [5, 5.41) is 8.65. The van der Waals surface area contributed by atoms with E-state index in [1.165, 1.54) is 16.4 Å². The van der Waals surface area contributed by atoms with Gasteiger partial charge in [-0.3, -0.25) is 0 Å². The summed E-state index contributed by atoms with van der Waals surface area (Å²) in [4.78, 5) is 0.251. The summed E-state index contributed by atoms with van der Waals surface area (Å²) in [5.74, 6) is 0. The Hall–Kier alpha value is -1.11. The van der Waals surface area contributed by atoms with Gasteiger partial charge in [0.25, 0.3) is 0 Å². The maximum Gasteiger partial charge on any atom is 0.242 e. The zero-order valence-electron chi connectivity index (χ0n) is 10.5. The smallest absolute Gasteiger partial charge is 0.242 e. The molecule has 0 saturated heterocycles. The number of nitrogens with zero attached hydrogens (tertiary/aromatic N) is 1. The van der Waals surface area contributed by atoms with E-state index in [9.17, 15) is 8.42 Å². The lowest BCUT2D eigenvalue weighted by atomic mass is 10.2. The Morgan fingerprint density at radius 3 is 2.33 bits per heavy atom. The first-order chi connectivity index (χ1) is 8.48. The first-order valence-corrected chi connectivity index (χ1v) is 7.35. The lowest BCUT2D eigenvalue weighted by Gasteiger charge is -2.17. The highest BCUT2D eigenvalue weighted by Gasteiger charge is 2.19. The molecule has 18 heavy (non-hydrogen) atoms. The van der Waals surface area contributed by atoms with Crippen LogP contribution in [0.25, 0.3) is 0 Å². The van der Waals surface area contributed by atoms with Crippen LogP contribution in [0.4, 0.5) is 5.69 Å². The van der Waals surface area contributed by atoms with Crippen LogP contribution in [0.5, 0.6) is 0 Å². The van der Waals surface area contributed by atoms with E-state index in [0.717, 1.165) is 12.8 Å². The zero-order valence-corrected chi connectivity index (χ0v) is 11.4. The Bertz CT molecular complexity index is 457. The molecule has 0 unspecified atom stereocenters. The Morgan fingerprint density at radius 2 is 1.78 bits per heavy atom. The number of rotatable bonds is 7. The number of benzene rings is 1. The largest absolute Gasteiger partial charge is 0.399 e. The number of hydrogen-bond donors (Lipinski definition) is 2. The van der Waals surface area contributed by atoms with Gasteiger partial charge in [-0.05, 0) is 43.5 Å². The van der Waals surface area contributed by atoms with E-state index in [2.05, 4.69) is 0 Å². The number of aliphatic hydroxyl groups excluding tert-OH is 1. The van der Waals surface area contributed by atoms with Gasteiger partial charge in [0.15, 0.2) is 0 Å². The molecule has 102 valence electrons. The first-order valence-electron chi connectivity index (χ1n) is 5.91. The maximum atomic E-state index is 12.1. The number of hydrogen-bond acceptors (Lipinski definition) is 4. The lowest BCUT2D eigenvalue weighted by Crippen LogP contribution is -2.28. The molecule has 0 aromatic heterocycles. The minimum Gasteiger partial charge on any atom is -0.399 e. The average molecular weight is 272 g/mol. The Kier molecular flexibility index (Phi) is 5.58. The fourth-order valence-corrected chi connectivity index (χ4v) is 2.77. The summed E-state index contributed by atoms with van der Waals surface area (Å²) in [6, 6.07) is 6.17. The third-order valence-electron chi connectivity index (χ3n) is 2.72. The molecule has 0 aliphatic rings. The Morgan fingerprint density at radius 1 is 1.17 bits per heavy atom. The first kappa shape index (κ1) is 14.9. The second-order valence-electron chi connectivity index (χ2n) is 4.18. The second kappa shape index (κ2) is 6.72. The molecular weight excluding hydrogens is 252 g/mol. The summed E-state index contributed by atoms with van der Waals surface area (Å²) >= 11 is 0. The van der Waals surface area contributed by atoms with Gasteiger partial charge in [0.2, 0.25) is 10.0 Å². The highest BCUT2D eigenvalue weighted by Crippen LogP contribution is 2.16. The van der Waals surface area contributed by atoms with Crippen molar-refractivity contribution in [2.24, 2.45) is 0 Å². The topological polar surface area (TPSA) is 83.6 Å². The minimum atomic E-state index is -3.43. The van der Waals surface area contributed by atoms with Crippen LogP contribution in [-0.4, -0.2) is 38.0 Å². The fraction of sp³-hybridized carbons (Fsp3) is 0.500. The van der Waals surface area contributed by atoms with Crippen molar-refractivity contribution in [1.29, 1.82) is 0 Å². The SMILES string of the molecule is CN(CCCCCO)S(=O)(=O)c1ccc(N)cc1. The third kappa shape index (κ3) is 3.97. The summed E-state index contributed by atoms with van der Waals surface area (Å²) < 4.78 is 25.6. The van der Waals surface area contributed by atoms with Gasteiger partial charge in [0, 0.05) is 25.9 Å². The number of nitrogen functional groups attached to an aromatic ring is 1. The van der Waals surface area contributed by atoms with E-state index in [1.807, 2.05) is 0 Å². The van der Waals surface area contributed by atoms with E-state index in [4.69, 9.17) is 10.8 Å². The van der Waals surface area contributed by atoms with Crippen molar-refractivity contribution in [1.82, 2.24) is 4.31 Å². The number of aliphatic hydroxyl groups is 1. The summed E-state index contributed by atoms with van der Waals surface area (Å²) in [5.41, 5.74) is 6.07. The third-order valence-corrected chi connectivity index (χ3v) is 4.59. The quantitative estimate of drug-likeness (QED) is 0.574. The molecule has 0 radical (unpaired) electrons. The number of anilines is 1. The molecule has 0 aliphatic carbocycles. The molecule has 0 bridgehead atoms. The van der Waals surface area contributed by atoms with Gasteiger partial charge in [-0.15, -0.1) is 0 Å². The normalized spacial score (nSPS) is 11.9. The van der Waals surface area contributed by atoms with Crippen molar-refractivity contribution >= 4 is 15.7 Å². The standard InChI is InChI=1S/C12H20N2O3S/c1-14(9-3-2-4-10-15)18(16,17)12-7-5-11(13)6-8-12/h5-8,15H,2-4,9-10,13H2,1H3. The predicted octanol–water partition coefficient (Wildman–Crippen LogP) is 1.05. The van der Waals surface area contributed by atoms with Gasteiger partial charge in [0.1, 0.15) is 0 Å². The number of sulfonamides is 1. The van der Waals surface area contributed by atoms with E-state index in [0.29, 0.717) is 18.7 Å². The summed E-state index contributed by atoms with van der Waals surface area (Å²) in [6.07, 6.45) is 2.26. The van der Waals surface area contributed by atoms with Gasteiger partial charge in [-0.1, -0.05) is 0 Å². The zero-order chi connectivity index (χ0) is 13.6. The molecule has 0 heterocycles. The van der Waals surface area contributed by atoms with Gasteiger partial charge >= 0.3 is 0 Å². The van der Waals surface area contributed by atoms with Crippen LogP contribution in [0.3, 0.4) is 0 Å². The highest BCUT2D eigenvalue weighted by molar-refractivity contribution is 7.89. The van der Waals surface area contributed by atoms with E-state index in [-0.39, 0.29) is 11.5 Å². The number of unbranched alkanes of at least 4 members (excludes halogenated alkanes) is 2. The summed E-state index contributed by atoms with van der Waals surface area (Å²) in [7, 11) is -1.87. The predicted molar refractivity (Wildman–Crippen MR) is 71.6 cm³/mol. The van der Waals surface area contributed by atoms with E-state index >= 15 is 0 Å². The lowest BCUT2D eigenvalue weighted by molar-refractivity contribution is 0.281. The van der Waals surface area contributed by atoms with Crippen LogP contribution < -0.4 is 5.73 Å². The van der Waals surface area contributed by atoms with Gasteiger partial charge in [-0.25, -0.2) is 12.7 Å². The Balaban J connectivity index is 2.65. The Labute approximate surface area is 108 Å². The van der Waals surface area contributed by atoms with Crippen molar-refractivity contribution in [3.63, 3.8) is 0 Å². The fourth-order valence-electron chi connectivity index (χ4n) is 1.56. The van der Waals surface area contributed by atoms with Gasteiger partial charge in [-0.2, -0.15) is 0 Å². The van der Waals surface area contributed by atoms with Gasteiger partial charge in [0.05, 0.1) is 4.90 Å². The van der Waals surface area contributed by atoms with Crippen molar-refractivity contribution in [3.05, 3.63) is 24.3 Å². The molecule has 0 fully saturated rings. The summed E-state index contributed by atoms with van der Waals surface area (Å²) in [6.45, 7) is 0.598. The number of nitrogens with two attached hydrogens (primary N) is 1. The molecule has 0 aliphatic heterocycles. The maximum absolute atomic E-state index is 12.1. The molecule has 0 amide bonds. The van der Waals surface area contributed by atoms with Crippen molar-refractivity contribution in [2.75, 3.05) is 25.9 Å². The van der Waals surface area contributed by atoms with Crippen LogP contribution >= 0.6 is 0 Å². The van der Waals surface area contributed by atoms with Crippen LogP contribution in [-0.2, 0) is 10.0 Å². The molecule has 6 heteroatoms. The van der Waals surface area contributed by atoms with Crippen molar-refractivity contribution < 1.29 is 13.5 Å². The molecule has 3 N–H and O–H groups in total. The molecule has 0 atom stereocenters. The molecule has 0 spiro atoms. The molecule has 1 rings (SSSR count). The van der Waals surface area contributed by atoms with E-state index < -0.39 is 10.0 Å². The molecular formula is C12H20N2O3S. The minimum absolute atomic E-state index is 0.147. The van der Waals surface area contributed by atoms with Crippen molar-refractivity contribution in [3.8, 4) is 0 Å². The molecule has 0 saturated carbocycles. The van der Waals surface area contributed by atoms with Gasteiger partial charge < -0.3 is 10.8 Å². The molecule has 1 aromatic carbocycles. The molecule has 5 nitrogen and oxygen atoms in total. The van der Waals surface area contributed by atoms with Crippen LogP contribution in [0.1, 0.15) is 19.3 Å². The van der Waals surface area contributed by atoms with Crippen molar-refractivity contribution in [2.45, 2.75) is 24.2 Å². The second-order valence-corrected chi connectivity index (χ2v) is 6.22. The van der Waals surface area contributed by atoms with Crippen LogP contribution in [0.15, 0.2) is 29.2 Å².